The summed E-state index contributed by atoms with van der Waals surface area (Å²) in [5.41, 5.74) is 6.95. The van der Waals surface area contributed by atoms with E-state index in [-0.39, 0.29) is 46.3 Å². The number of phosphoric ester groups is 1. The number of rotatable bonds is 15. The van der Waals surface area contributed by atoms with Gasteiger partial charge in [0.25, 0.3) is 5.56 Å². The van der Waals surface area contributed by atoms with Gasteiger partial charge in [-0.3, -0.25) is 33.0 Å². The maximum absolute atomic E-state index is 12.9. The first kappa shape index (κ1) is 39.6. The van der Waals surface area contributed by atoms with E-state index in [2.05, 4.69) is 20.2 Å². The highest BCUT2D eigenvalue weighted by Gasteiger charge is 2.43. The van der Waals surface area contributed by atoms with E-state index in [9.17, 15) is 33.7 Å². The van der Waals surface area contributed by atoms with Crippen LogP contribution in [-0.4, -0.2) is 82.8 Å². The number of aromatic nitrogens is 2. The number of carbonyl (C=O) groups is 2. The monoisotopic (exact) mass is 780 g/mol. The molecule has 3 N–H and O–H groups in total. The van der Waals surface area contributed by atoms with Gasteiger partial charge in [-0.25, -0.2) is 9.36 Å². The molecule has 3 unspecified atom stereocenters. The third kappa shape index (κ3) is 10.4. The van der Waals surface area contributed by atoms with Gasteiger partial charge in [-0.1, -0.05) is 33.5 Å². The van der Waals surface area contributed by atoms with E-state index in [1.807, 2.05) is 0 Å². The second-order valence-electron chi connectivity index (χ2n) is 10.8. The van der Waals surface area contributed by atoms with Gasteiger partial charge in [-0.15, -0.1) is 0 Å². The molecule has 51 heavy (non-hydrogen) atoms. The third-order valence-electron chi connectivity index (χ3n) is 7.23. The predicted octanol–water partition coefficient (Wildman–Crippen LogP) is 3.02. The van der Waals surface area contributed by atoms with Crippen molar-refractivity contribution in [3.05, 3.63) is 64.7 Å². The largest absolute Gasteiger partial charge is 0.503 e. The van der Waals surface area contributed by atoms with Crippen LogP contribution in [0.1, 0.15) is 44.0 Å². The SMILES string of the molecule is COc1cc(Cl)c(/C=N/OC2C[C@H](n3cc(CN=[N+]=[N-])c(=O)[nH]c3=O)O[C@@H]2COP(=O)(O)OCC2C[C@H](OC(C)=O)O[C@@H]2OC(C)=O)c(Cl)c1O. The Kier molecular flexibility index (Phi) is 13.5. The number of benzene rings is 1. The Bertz CT molecular complexity index is 1870. The predicted molar refractivity (Wildman–Crippen MR) is 172 cm³/mol. The molecule has 2 saturated heterocycles. The molecule has 278 valence electrons. The van der Waals surface area contributed by atoms with Crippen molar-refractivity contribution in [1.29, 1.82) is 0 Å². The van der Waals surface area contributed by atoms with Crippen LogP contribution >= 0.6 is 31.0 Å². The van der Waals surface area contributed by atoms with Crippen LogP contribution in [0.15, 0.2) is 32.1 Å². The number of H-pyrrole nitrogens is 1. The summed E-state index contributed by atoms with van der Waals surface area (Å²) in [6, 6.07) is 1.29. The molecule has 2 aliphatic heterocycles. The lowest BCUT2D eigenvalue weighted by Gasteiger charge is -2.21. The number of oxime groups is 1. The summed E-state index contributed by atoms with van der Waals surface area (Å²) in [5.74, 6) is -2.64. The van der Waals surface area contributed by atoms with Crippen LogP contribution in [0.3, 0.4) is 0 Å². The molecule has 4 rings (SSSR count). The zero-order valence-corrected chi connectivity index (χ0v) is 29.3. The van der Waals surface area contributed by atoms with E-state index in [1.54, 1.807) is 0 Å². The molecule has 0 amide bonds. The number of azide groups is 1. The molecule has 0 radical (unpaired) electrons. The molecule has 0 bridgehead atoms. The van der Waals surface area contributed by atoms with E-state index in [1.165, 1.54) is 13.2 Å². The second-order valence-corrected chi connectivity index (χ2v) is 13.0. The number of phenols is 1. The molecule has 1 aromatic heterocycles. The number of hydrogen-bond donors (Lipinski definition) is 3. The van der Waals surface area contributed by atoms with Gasteiger partial charge in [-0.2, -0.15) is 0 Å². The zero-order valence-electron chi connectivity index (χ0n) is 26.9. The van der Waals surface area contributed by atoms with E-state index in [0.29, 0.717) is 0 Å². The molecule has 3 heterocycles. The Morgan fingerprint density at radius 3 is 2.55 bits per heavy atom. The van der Waals surface area contributed by atoms with Crippen molar-refractivity contribution in [2.75, 3.05) is 20.3 Å². The normalized spacial score (nSPS) is 24.1. The van der Waals surface area contributed by atoms with Crippen molar-refractivity contribution < 1.29 is 61.7 Å². The number of aromatic amines is 1. The lowest BCUT2D eigenvalue weighted by atomic mass is 10.1. The number of halogens is 2. The Morgan fingerprint density at radius 2 is 1.88 bits per heavy atom. The summed E-state index contributed by atoms with van der Waals surface area (Å²) >= 11 is 12.4. The van der Waals surface area contributed by atoms with Crippen molar-refractivity contribution in [1.82, 2.24) is 9.55 Å². The van der Waals surface area contributed by atoms with Crippen molar-refractivity contribution >= 4 is 49.2 Å². The molecule has 2 aromatic rings. The Morgan fingerprint density at radius 1 is 1.18 bits per heavy atom. The average molecular weight is 781 g/mol. The maximum atomic E-state index is 12.9. The minimum absolute atomic E-state index is 0.000658. The van der Waals surface area contributed by atoms with Gasteiger partial charge in [0, 0.05) is 55.0 Å². The number of phosphoric acid groups is 1. The van der Waals surface area contributed by atoms with Crippen LogP contribution in [0.5, 0.6) is 11.5 Å². The number of nitrogens with zero attached hydrogens (tertiary/aromatic N) is 5. The summed E-state index contributed by atoms with van der Waals surface area (Å²) in [6.45, 7) is 0.668. The van der Waals surface area contributed by atoms with Gasteiger partial charge in [0.2, 0.25) is 12.6 Å². The average Bonchev–Trinajstić information content (AvgIpc) is 3.64. The van der Waals surface area contributed by atoms with Crippen LogP contribution in [0.2, 0.25) is 10.0 Å². The van der Waals surface area contributed by atoms with Gasteiger partial charge < -0.3 is 38.5 Å². The minimum Gasteiger partial charge on any atom is -0.503 e. The summed E-state index contributed by atoms with van der Waals surface area (Å²) in [4.78, 5) is 68.6. The number of methoxy groups -OCH3 is 1. The second kappa shape index (κ2) is 17.4. The fraction of sp³-hybridized carbons (Fsp3) is 0.519. The fourth-order valence-corrected chi connectivity index (χ4v) is 6.22. The quantitative estimate of drug-likeness (QED) is 0.0445. The van der Waals surface area contributed by atoms with Crippen molar-refractivity contribution in [2.45, 2.75) is 64.2 Å². The number of hydrogen-bond acceptors (Lipinski definition) is 16. The summed E-state index contributed by atoms with van der Waals surface area (Å²) < 4.78 is 50.5. The molecule has 0 aliphatic carbocycles. The fourth-order valence-electron chi connectivity index (χ4n) is 4.90. The van der Waals surface area contributed by atoms with Gasteiger partial charge in [-0.05, 0) is 5.53 Å². The van der Waals surface area contributed by atoms with Crippen LogP contribution in [0.25, 0.3) is 10.4 Å². The highest BCUT2D eigenvalue weighted by Crippen LogP contribution is 2.46. The molecule has 21 nitrogen and oxygen atoms in total. The van der Waals surface area contributed by atoms with Gasteiger partial charge in [0.05, 0.1) is 49.0 Å². The van der Waals surface area contributed by atoms with Gasteiger partial charge >= 0.3 is 25.5 Å². The first-order valence-corrected chi connectivity index (χ1v) is 16.9. The first-order chi connectivity index (χ1) is 24.1. The highest BCUT2D eigenvalue weighted by atomic mass is 35.5. The molecule has 0 saturated carbocycles. The van der Waals surface area contributed by atoms with E-state index in [0.717, 1.165) is 30.8 Å². The summed E-state index contributed by atoms with van der Waals surface area (Å²) in [5, 5.41) is 17.3. The first-order valence-electron chi connectivity index (χ1n) is 14.7. The van der Waals surface area contributed by atoms with Crippen LogP contribution < -0.4 is 16.0 Å². The molecule has 24 heteroatoms. The number of nitrogens with one attached hydrogen (secondary N) is 1. The van der Waals surface area contributed by atoms with Gasteiger partial charge in [0.15, 0.2) is 17.6 Å². The molecule has 0 spiro atoms. The van der Waals surface area contributed by atoms with Crippen LogP contribution in [0.4, 0.5) is 0 Å². The topological polar surface area (TPSA) is 281 Å². The summed E-state index contributed by atoms with van der Waals surface area (Å²) in [7, 11) is -3.58. The number of carbonyl (C=O) groups excluding carboxylic acids is 2. The Labute approximate surface area is 297 Å². The zero-order chi connectivity index (χ0) is 37.5. The van der Waals surface area contributed by atoms with Crippen molar-refractivity contribution in [2.24, 2.45) is 16.2 Å². The number of ether oxygens (including phenoxy) is 5. The molecular weight excluding hydrogens is 750 g/mol. The van der Waals surface area contributed by atoms with E-state index < -0.39 is 86.9 Å². The molecular formula is C27H31Cl2N6O15P. The van der Waals surface area contributed by atoms with E-state index in [4.69, 9.17) is 66.3 Å². The summed E-state index contributed by atoms with van der Waals surface area (Å²) in [6.07, 6.45) is -3.82. The number of aromatic hydroxyl groups is 1. The molecule has 7 atom stereocenters. The molecule has 2 fully saturated rings. The smallest absolute Gasteiger partial charge is 0.472 e. The van der Waals surface area contributed by atoms with E-state index >= 15 is 0 Å². The Balaban J connectivity index is 1.51. The minimum atomic E-state index is -4.88. The lowest BCUT2D eigenvalue weighted by molar-refractivity contribution is -0.212. The number of esters is 2. The number of phenolic OH excluding ortho intramolecular Hbond substituents is 1. The molecule has 2 aliphatic rings. The van der Waals surface area contributed by atoms with Crippen LogP contribution in [-0.2, 0) is 53.5 Å². The Hall–Kier alpha value is -4.17. The molecule has 1 aromatic carbocycles. The highest BCUT2D eigenvalue weighted by molar-refractivity contribution is 7.47. The third-order valence-corrected chi connectivity index (χ3v) is 8.87. The lowest BCUT2D eigenvalue weighted by Crippen LogP contribution is -2.34. The maximum Gasteiger partial charge on any atom is 0.472 e. The standard InChI is InChI=1S/C27H31Cl2N6O15P/c1-12(36)46-22-4-14(26(49-22)47-13(2)37)10-44-51(41,42)45-11-20-18(50-32-8-16-17(28)5-19(43-3)24(38)23(16)29)6-21(48-20)35-9-15(7-31-34-30)25(39)33-27(35)40/h5,8-9,14,18,20-22,26,38H,4,6-7,10-11H2,1-3H3,(H,41,42)(H,33,39,40)/b32-8+/t14?,18?,20-,21-,22-,26+/m1/s1. The van der Waals surface area contributed by atoms with Crippen molar-refractivity contribution in [3.8, 4) is 11.5 Å². The van der Waals surface area contributed by atoms with Crippen molar-refractivity contribution in [3.63, 3.8) is 0 Å². The van der Waals surface area contributed by atoms with Crippen LogP contribution in [0, 0.1) is 5.92 Å². The van der Waals surface area contributed by atoms with Gasteiger partial charge in [0.1, 0.15) is 12.3 Å².